The zero-order valence-corrected chi connectivity index (χ0v) is 11.8. The van der Waals surface area contributed by atoms with Crippen molar-refractivity contribution in [3.8, 4) is 17.2 Å². The molecule has 0 unspecified atom stereocenters. The van der Waals surface area contributed by atoms with E-state index in [1.165, 1.54) is 12.1 Å². The van der Waals surface area contributed by atoms with Gasteiger partial charge in [0, 0.05) is 18.7 Å². The van der Waals surface area contributed by atoms with Crippen LogP contribution in [0.15, 0.2) is 30.3 Å². The summed E-state index contributed by atoms with van der Waals surface area (Å²) in [6.07, 6.45) is 0. The van der Waals surface area contributed by atoms with Crippen LogP contribution in [0.4, 0.5) is 10.1 Å². The van der Waals surface area contributed by atoms with E-state index < -0.39 is 5.82 Å². The van der Waals surface area contributed by atoms with E-state index >= 15 is 0 Å². The van der Waals surface area contributed by atoms with Crippen LogP contribution in [0.3, 0.4) is 0 Å². The summed E-state index contributed by atoms with van der Waals surface area (Å²) in [6, 6.07) is 7.67. The summed E-state index contributed by atoms with van der Waals surface area (Å²) in [7, 11) is 0. The highest BCUT2D eigenvalue weighted by molar-refractivity contribution is 6.33. The van der Waals surface area contributed by atoms with Crippen LogP contribution in [-0.2, 0) is 6.54 Å². The second kappa shape index (κ2) is 5.69. The molecule has 0 fully saturated rings. The summed E-state index contributed by atoms with van der Waals surface area (Å²) >= 11 is 6.17. The van der Waals surface area contributed by atoms with Gasteiger partial charge in [-0.05, 0) is 17.7 Å². The Balaban J connectivity index is 1.77. The molecule has 21 heavy (non-hydrogen) atoms. The topological polar surface area (TPSA) is 50.7 Å². The summed E-state index contributed by atoms with van der Waals surface area (Å²) in [5.74, 6) is 0.233. The molecule has 0 atom stereocenters. The zero-order valence-electron chi connectivity index (χ0n) is 11.0. The lowest BCUT2D eigenvalue weighted by atomic mass is 10.2. The number of nitrogens with one attached hydrogen (secondary N) is 1. The van der Waals surface area contributed by atoms with Crippen LogP contribution < -0.4 is 14.8 Å². The number of phenolic OH excluding ortho intramolecular Hbond substituents is 1. The summed E-state index contributed by atoms with van der Waals surface area (Å²) < 4.78 is 24.2. The lowest BCUT2D eigenvalue weighted by molar-refractivity contribution is 0.171. The highest BCUT2D eigenvalue weighted by Gasteiger charge is 2.15. The second-order valence-electron chi connectivity index (χ2n) is 4.62. The molecule has 1 heterocycles. The van der Waals surface area contributed by atoms with Gasteiger partial charge in [-0.2, -0.15) is 0 Å². The summed E-state index contributed by atoms with van der Waals surface area (Å²) in [6.45, 7) is 1.37. The van der Waals surface area contributed by atoms with E-state index in [0.29, 0.717) is 47.5 Å². The minimum atomic E-state index is -0.650. The average Bonchev–Trinajstić information content (AvgIpc) is 2.48. The van der Waals surface area contributed by atoms with Gasteiger partial charge in [0.1, 0.15) is 13.2 Å². The van der Waals surface area contributed by atoms with Crippen LogP contribution in [0, 0.1) is 5.82 Å². The first-order chi connectivity index (χ1) is 10.1. The van der Waals surface area contributed by atoms with Crippen LogP contribution in [0.25, 0.3) is 0 Å². The molecule has 0 aliphatic carbocycles. The van der Waals surface area contributed by atoms with Gasteiger partial charge in [-0.3, -0.25) is 0 Å². The SMILES string of the molecule is Oc1ccc(CNc2cc3c(cc2Cl)OCCO3)cc1F. The van der Waals surface area contributed by atoms with Crippen molar-refractivity contribution < 1.29 is 19.0 Å². The standard InChI is InChI=1S/C15H13ClFNO3/c16-10-6-14-15(21-4-3-20-14)7-12(10)18-8-9-1-2-13(19)11(17)5-9/h1-2,5-7,18-19H,3-4,8H2. The molecule has 0 amide bonds. The smallest absolute Gasteiger partial charge is 0.165 e. The van der Waals surface area contributed by atoms with E-state index in [4.69, 9.17) is 26.2 Å². The van der Waals surface area contributed by atoms with Crippen molar-refractivity contribution in [1.29, 1.82) is 0 Å². The highest BCUT2D eigenvalue weighted by Crippen LogP contribution is 2.38. The van der Waals surface area contributed by atoms with Gasteiger partial charge in [-0.25, -0.2) is 4.39 Å². The fraction of sp³-hybridized carbons (Fsp3) is 0.200. The molecular formula is C15H13ClFNO3. The Hall–Kier alpha value is -2.14. The Bertz CT molecular complexity index is 678. The number of rotatable bonds is 3. The molecule has 0 spiro atoms. The van der Waals surface area contributed by atoms with Crippen LogP contribution in [-0.4, -0.2) is 18.3 Å². The van der Waals surface area contributed by atoms with E-state index in [-0.39, 0.29) is 5.75 Å². The predicted octanol–water partition coefficient (Wildman–Crippen LogP) is 3.57. The molecule has 0 aromatic heterocycles. The number of halogens is 2. The molecule has 1 aliphatic rings. The maximum Gasteiger partial charge on any atom is 0.165 e. The lowest BCUT2D eigenvalue weighted by Crippen LogP contribution is -2.15. The number of ether oxygens (including phenoxy) is 2. The van der Waals surface area contributed by atoms with Crippen molar-refractivity contribution in [3.63, 3.8) is 0 Å². The number of fused-ring (bicyclic) bond motifs is 1. The van der Waals surface area contributed by atoms with Gasteiger partial charge in [-0.1, -0.05) is 17.7 Å². The minimum Gasteiger partial charge on any atom is -0.505 e. The Morgan fingerprint density at radius 2 is 1.86 bits per heavy atom. The maximum atomic E-state index is 13.3. The van der Waals surface area contributed by atoms with Gasteiger partial charge >= 0.3 is 0 Å². The molecular weight excluding hydrogens is 297 g/mol. The Labute approximate surface area is 126 Å². The van der Waals surface area contributed by atoms with Crippen LogP contribution >= 0.6 is 11.6 Å². The maximum absolute atomic E-state index is 13.3. The summed E-state index contributed by atoms with van der Waals surface area (Å²) in [5.41, 5.74) is 1.37. The molecule has 0 saturated carbocycles. The van der Waals surface area contributed by atoms with Crippen LogP contribution in [0.5, 0.6) is 17.2 Å². The largest absolute Gasteiger partial charge is 0.505 e. The summed E-state index contributed by atoms with van der Waals surface area (Å²) in [4.78, 5) is 0. The number of phenols is 1. The van der Waals surface area contributed by atoms with Crippen LogP contribution in [0.1, 0.15) is 5.56 Å². The normalized spacial score (nSPS) is 13.0. The minimum absolute atomic E-state index is 0.365. The molecule has 2 aromatic rings. The van der Waals surface area contributed by atoms with E-state index in [9.17, 15) is 4.39 Å². The third kappa shape index (κ3) is 2.97. The Morgan fingerprint density at radius 1 is 1.14 bits per heavy atom. The number of hydrogen-bond donors (Lipinski definition) is 2. The molecule has 2 N–H and O–H groups in total. The van der Waals surface area contributed by atoms with E-state index in [2.05, 4.69) is 5.32 Å². The number of hydrogen-bond acceptors (Lipinski definition) is 4. The number of aromatic hydroxyl groups is 1. The Kier molecular flexibility index (Phi) is 3.75. The van der Waals surface area contributed by atoms with Gasteiger partial charge in [0.2, 0.25) is 0 Å². The van der Waals surface area contributed by atoms with Gasteiger partial charge in [0.05, 0.1) is 10.7 Å². The molecule has 0 radical (unpaired) electrons. The fourth-order valence-corrected chi connectivity index (χ4v) is 2.28. The van der Waals surface area contributed by atoms with E-state index in [0.717, 1.165) is 0 Å². The Morgan fingerprint density at radius 3 is 2.57 bits per heavy atom. The van der Waals surface area contributed by atoms with Gasteiger partial charge in [0.15, 0.2) is 23.1 Å². The van der Waals surface area contributed by atoms with Crippen molar-refractivity contribution in [2.75, 3.05) is 18.5 Å². The summed E-state index contributed by atoms with van der Waals surface area (Å²) in [5, 5.41) is 12.8. The van der Waals surface area contributed by atoms with Crippen molar-refractivity contribution in [2.24, 2.45) is 0 Å². The predicted molar refractivity (Wildman–Crippen MR) is 77.8 cm³/mol. The first-order valence-corrected chi connectivity index (χ1v) is 6.81. The van der Waals surface area contributed by atoms with Crippen LogP contribution in [0.2, 0.25) is 5.02 Å². The van der Waals surface area contributed by atoms with Crippen molar-refractivity contribution in [2.45, 2.75) is 6.54 Å². The lowest BCUT2D eigenvalue weighted by Gasteiger charge is -2.20. The zero-order chi connectivity index (χ0) is 14.8. The molecule has 0 saturated heterocycles. The molecule has 6 heteroatoms. The van der Waals surface area contributed by atoms with Crippen molar-refractivity contribution >= 4 is 17.3 Å². The highest BCUT2D eigenvalue weighted by atomic mass is 35.5. The first kappa shape index (κ1) is 13.8. The first-order valence-electron chi connectivity index (χ1n) is 6.44. The van der Waals surface area contributed by atoms with Gasteiger partial charge in [-0.15, -0.1) is 0 Å². The molecule has 0 bridgehead atoms. The number of benzene rings is 2. The molecule has 110 valence electrons. The van der Waals surface area contributed by atoms with Crippen molar-refractivity contribution in [1.82, 2.24) is 0 Å². The third-order valence-corrected chi connectivity index (χ3v) is 3.44. The monoisotopic (exact) mass is 309 g/mol. The third-order valence-electron chi connectivity index (χ3n) is 3.13. The van der Waals surface area contributed by atoms with E-state index in [1.54, 1.807) is 18.2 Å². The average molecular weight is 310 g/mol. The molecule has 1 aliphatic heterocycles. The molecule has 4 nitrogen and oxygen atoms in total. The second-order valence-corrected chi connectivity index (χ2v) is 5.02. The van der Waals surface area contributed by atoms with Gasteiger partial charge in [0.25, 0.3) is 0 Å². The quantitative estimate of drug-likeness (QED) is 0.910. The number of anilines is 1. The fourth-order valence-electron chi connectivity index (χ4n) is 2.06. The van der Waals surface area contributed by atoms with E-state index in [1.807, 2.05) is 0 Å². The molecule has 2 aromatic carbocycles. The van der Waals surface area contributed by atoms with Crippen molar-refractivity contribution in [3.05, 3.63) is 46.7 Å². The van der Waals surface area contributed by atoms with Gasteiger partial charge < -0.3 is 19.9 Å². The molecule has 3 rings (SSSR count).